The molecule has 0 saturated carbocycles. The minimum Gasteiger partial charge on any atom is -0.320 e. The summed E-state index contributed by atoms with van der Waals surface area (Å²) in [6.07, 6.45) is 2.45. The molecular weight excluding hydrogens is 494 g/mol. The van der Waals surface area contributed by atoms with E-state index in [0.29, 0.717) is 5.56 Å². The van der Waals surface area contributed by atoms with Crippen LogP contribution in [-0.2, 0) is 4.79 Å². The molecule has 1 unspecified atom stereocenters. The first kappa shape index (κ1) is 26.2. The van der Waals surface area contributed by atoms with Gasteiger partial charge >= 0.3 is 0 Å². The van der Waals surface area contributed by atoms with Gasteiger partial charge < -0.3 is 10.6 Å². The lowest BCUT2D eigenvalue weighted by atomic mass is 10.0. The van der Waals surface area contributed by atoms with Crippen molar-refractivity contribution in [3.8, 4) is 11.3 Å². The SMILES string of the molecule is CNC(C)C(=O)Nc1ccc(-c2ccc(F)cc2)n(C(=O)c2cncc(C(=O)c3ccc(F)cc3)c2)c1=O. The van der Waals surface area contributed by atoms with Crippen molar-refractivity contribution in [2.75, 3.05) is 12.4 Å². The molecule has 38 heavy (non-hydrogen) atoms. The number of nitrogens with zero attached hydrogens (tertiary/aromatic N) is 2. The van der Waals surface area contributed by atoms with Gasteiger partial charge in [0, 0.05) is 23.5 Å². The van der Waals surface area contributed by atoms with E-state index >= 15 is 0 Å². The Hall–Kier alpha value is -4.83. The number of anilines is 1. The first-order valence-corrected chi connectivity index (χ1v) is 11.5. The van der Waals surface area contributed by atoms with Gasteiger partial charge in [-0.2, -0.15) is 0 Å². The van der Waals surface area contributed by atoms with Crippen LogP contribution in [0.25, 0.3) is 11.3 Å². The zero-order valence-electron chi connectivity index (χ0n) is 20.4. The second-order valence-electron chi connectivity index (χ2n) is 8.38. The average Bonchev–Trinajstić information content (AvgIpc) is 2.93. The molecule has 0 spiro atoms. The number of rotatable bonds is 7. The maximum Gasteiger partial charge on any atom is 0.281 e. The number of ketones is 1. The second-order valence-corrected chi connectivity index (χ2v) is 8.38. The summed E-state index contributed by atoms with van der Waals surface area (Å²) >= 11 is 0. The highest BCUT2D eigenvalue weighted by atomic mass is 19.1. The van der Waals surface area contributed by atoms with Crippen molar-refractivity contribution in [2.24, 2.45) is 0 Å². The Morgan fingerprint density at radius 3 is 2.08 bits per heavy atom. The van der Waals surface area contributed by atoms with Gasteiger partial charge in [0.1, 0.15) is 17.3 Å². The lowest BCUT2D eigenvalue weighted by Crippen LogP contribution is -2.38. The molecule has 192 valence electrons. The van der Waals surface area contributed by atoms with E-state index in [1.165, 1.54) is 67.0 Å². The fraction of sp³-hybridized carbons (Fsp3) is 0.107. The van der Waals surface area contributed by atoms with Gasteiger partial charge in [-0.25, -0.2) is 13.3 Å². The molecule has 10 heteroatoms. The number of aromatic nitrogens is 2. The van der Waals surface area contributed by atoms with Gasteiger partial charge in [0.25, 0.3) is 11.5 Å². The third kappa shape index (κ3) is 5.45. The van der Waals surface area contributed by atoms with E-state index in [4.69, 9.17) is 0 Å². The summed E-state index contributed by atoms with van der Waals surface area (Å²) < 4.78 is 27.7. The molecule has 4 rings (SSSR count). The minimum absolute atomic E-state index is 0.0474. The first-order valence-electron chi connectivity index (χ1n) is 11.5. The van der Waals surface area contributed by atoms with E-state index < -0.39 is 40.8 Å². The maximum atomic E-state index is 13.7. The number of hydrogen-bond donors (Lipinski definition) is 2. The lowest BCUT2D eigenvalue weighted by molar-refractivity contribution is -0.117. The Balaban J connectivity index is 1.81. The summed E-state index contributed by atoms with van der Waals surface area (Å²) in [5, 5.41) is 5.26. The van der Waals surface area contributed by atoms with Crippen molar-refractivity contribution in [3.05, 3.63) is 118 Å². The van der Waals surface area contributed by atoms with Crippen molar-refractivity contribution in [1.29, 1.82) is 0 Å². The van der Waals surface area contributed by atoms with Crippen molar-refractivity contribution in [2.45, 2.75) is 13.0 Å². The zero-order chi connectivity index (χ0) is 27.4. The Morgan fingerprint density at radius 1 is 0.842 bits per heavy atom. The molecule has 8 nitrogen and oxygen atoms in total. The molecule has 2 aromatic heterocycles. The topological polar surface area (TPSA) is 110 Å². The van der Waals surface area contributed by atoms with Gasteiger partial charge in [0.2, 0.25) is 5.91 Å². The van der Waals surface area contributed by atoms with E-state index in [1.54, 1.807) is 14.0 Å². The van der Waals surface area contributed by atoms with Gasteiger partial charge in [0.15, 0.2) is 5.78 Å². The molecular formula is C28H22F2N4O4. The quantitative estimate of drug-likeness (QED) is 0.363. The molecule has 4 aromatic rings. The largest absolute Gasteiger partial charge is 0.320 e. The molecule has 2 heterocycles. The smallest absolute Gasteiger partial charge is 0.281 e. The number of halogens is 2. The highest BCUT2D eigenvalue weighted by Gasteiger charge is 2.22. The minimum atomic E-state index is -0.830. The molecule has 1 atom stereocenters. The molecule has 2 N–H and O–H groups in total. The molecule has 0 bridgehead atoms. The van der Waals surface area contributed by atoms with E-state index in [-0.39, 0.29) is 28.1 Å². The Morgan fingerprint density at radius 2 is 1.45 bits per heavy atom. The van der Waals surface area contributed by atoms with Crippen LogP contribution in [0, 0.1) is 11.6 Å². The van der Waals surface area contributed by atoms with Crippen molar-refractivity contribution in [1.82, 2.24) is 14.9 Å². The molecule has 1 amide bonds. The number of likely N-dealkylation sites (N-methyl/N-ethyl adjacent to an activating group) is 1. The highest BCUT2D eigenvalue weighted by molar-refractivity contribution is 6.10. The van der Waals surface area contributed by atoms with Gasteiger partial charge in [-0.15, -0.1) is 0 Å². The standard InChI is InChI=1S/C28H22F2N4O4/c1-16(31-2)26(36)33-23-11-12-24(17-3-7-21(29)8-4-17)34(28(23)38)27(37)20-13-19(14-32-15-20)25(35)18-5-9-22(30)10-6-18/h3-16,31H,1-2H3,(H,33,36). The van der Waals surface area contributed by atoms with Crippen LogP contribution >= 0.6 is 0 Å². The van der Waals surface area contributed by atoms with Crippen LogP contribution in [0.3, 0.4) is 0 Å². The molecule has 2 aromatic carbocycles. The van der Waals surface area contributed by atoms with Crippen LogP contribution in [0.15, 0.2) is 83.9 Å². The van der Waals surface area contributed by atoms with Crippen LogP contribution in [0.1, 0.15) is 33.2 Å². The lowest BCUT2D eigenvalue weighted by Gasteiger charge is -2.16. The van der Waals surface area contributed by atoms with Gasteiger partial charge in [-0.1, -0.05) is 0 Å². The Labute approximate surface area is 216 Å². The van der Waals surface area contributed by atoms with Crippen LogP contribution in [-0.4, -0.2) is 40.2 Å². The van der Waals surface area contributed by atoms with Crippen LogP contribution in [0.4, 0.5) is 14.5 Å². The van der Waals surface area contributed by atoms with E-state index in [2.05, 4.69) is 15.6 Å². The summed E-state index contributed by atoms with van der Waals surface area (Å²) in [7, 11) is 1.58. The first-order chi connectivity index (χ1) is 18.2. The molecule has 0 saturated heterocycles. The average molecular weight is 517 g/mol. The van der Waals surface area contributed by atoms with Crippen LogP contribution < -0.4 is 16.2 Å². The normalized spacial score (nSPS) is 11.6. The molecule has 0 aliphatic heterocycles. The number of hydrogen-bond acceptors (Lipinski definition) is 6. The van der Waals surface area contributed by atoms with E-state index in [1.807, 2.05) is 0 Å². The molecule has 0 aliphatic carbocycles. The number of nitrogens with one attached hydrogen (secondary N) is 2. The summed E-state index contributed by atoms with van der Waals surface area (Å²) in [5.74, 6) is -2.83. The summed E-state index contributed by atoms with van der Waals surface area (Å²) in [4.78, 5) is 56.4. The highest BCUT2D eigenvalue weighted by Crippen LogP contribution is 2.22. The third-order valence-electron chi connectivity index (χ3n) is 5.86. The summed E-state index contributed by atoms with van der Waals surface area (Å²) in [5.41, 5.74) is -0.335. The number of carbonyl (C=O) groups excluding carboxylic acids is 3. The van der Waals surface area contributed by atoms with Gasteiger partial charge in [0.05, 0.1) is 17.3 Å². The summed E-state index contributed by atoms with van der Waals surface area (Å²) in [6.45, 7) is 1.60. The second kappa shape index (κ2) is 11.1. The predicted octanol–water partition coefficient (Wildman–Crippen LogP) is 3.65. The van der Waals surface area contributed by atoms with Gasteiger partial charge in [-0.05, 0) is 86.3 Å². The number of carbonyl (C=O) groups is 3. The van der Waals surface area contributed by atoms with Crippen molar-refractivity contribution >= 4 is 23.3 Å². The number of benzene rings is 2. The molecule has 0 aliphatic rings. The van der Waals surface area contributed by atoms with Crippen molar-refractivity contribution < 1.29 is 23.2 Å². The fourth-order valence-electron chi connectivity index (χ4n) is 3.63. The summed E-state index contributed by atoms with van der Waals surface area (Å²) in [6, 6.07) is 13.5. The third-order valence-corrected chi connectivity index (χ3v) is 5.86. The maximum absolute atomic E-state index is 13.7. The predicted molar refractivity (Wildman–Crippen MR) is 137 cm³/mol. The van der Waals surface area contributed by atoms with E-state index in [9.17, 15) is 28.0 Å². The Kier molecular flexibility index (Phi) is 7.63. The van der Waals surface area contributed by atoms with E-state index in [0.717, 1.165) is 16.7 Å². The van der Waals surface area contributed by atoms with Crippen molar-refractivity contribution in [3.63, 3.8) is 0 Å². The van der Waals surface area contributed by atoms with Crippen LogP contribution in [0.2, 0.25) is 0 Å². The fourth-order valence-corrected chi connectivity index (χ4v) is 3.63. The van der Waals surface area contributed by atoms with Crippen LogP contribution in [0.5, 0.6) is 0 Å². The molecule has 0 radical (unpaired) electrons. The van der Waals surface area contributed by atoms with Gasteiger partial charge in [-0.3, -0.25) is 24.2 Å². The number of amides is 1. The Bertz CT molecular complexity index is 1580. The molecule has 0 fully saturated rings. The monoisotopic (exact) mass is 516 g/mol. The number of pyridine rings is 2. The zero-order valence-corrected chi connectivity index (χ0v) is 20.4.